The molecule has 6 nitrogen and oxygen atoms in total. The van der Waals surface area contributed by atoms with Crippen LogP contribution in [0.4, 0.5) is 20.2 Å². The van der Waals surface area contributed by atoms with Gasteiger partial charge in [-0.2, -0.15) is 0 Å². The first-order valence-corrected chi connectivity index (χ1v) is 11.5. The lowest BCUT2D eigenvalue weighted by molar-refractivity contribution is -0.121. The molecule has 1 unspecified atom stereocenters. The molecule has 182 valence electrons. The SMILES string of the molecule is Cc1cc(C(Nc2cccc(CN)c2)(C(N)=O)c2ccc(F)cc2F)ccc1N1CCCCC1=O. The number of benzene rings is 3. The number of primary amides is 1. The number of carbonyl (C=O) groups is 2. The average Bonchev–Trinajstić information content (AvgIpc) is 2.83. The number of carbonyl (C=O) groups excluding carboxylic acids is 2. The summed E-state index contributed by atoms with van der Waals surface area (Å²) in [5, 5.41) is 3.12. The molecular formula is C27H28F2N4O2. The predicted octanol–water partition coefficient (Wildman–Crippen LogP) is 4.09. The normalized spacial score (nSPS) is 15.5. The smallest absolute Gasteiger partial charge is 0.252 e. The van der Waals surface area contributed by atoms with Crippen molar-refractivity contribution >= 4 is 23.2 Å². The number of nitrogens with one attached hydrogen (secondary N) is 1. The highest BCUT2D eigenvalue weighted by molar-refractivity contribution is 5.96. The summed E-state index contributed by atoms with van der Waals surface area (Å²) in [5.74, 6) is -2.53. The Morgan fingerprint density at radius 2 is 1.89 bits per heavy atom. The molecule has 0 spiro atoms. The molecule has 1 aliphatic rings. The molecule has 2 amide bonds. The number of hydrogen-bond donors (Lipinski definition) is 3. The summed E-state index contributed by atoms with van der Waals surface area (Å²) >= 11 is 0. The maximum absolute atomic E-state index is 15.2. The average molecular weight is 479 g/mol. The van der Waals surface area contributed by atoms with Gasteiger partial charge in [-0.25, -0.2) is 8.78 Å². The molecule has 8 heteroatoms. The first-order chi connectivity index (χ1) is 16.8. The van der Waals surface area contributed by atoms with E-state index in [1.807, 2.05) is 13.0 Å². The van der Waals surface area contributed by atoms with Gasteiger partial charge >= 0.3 is 0 Å². The predicted molar refractivity (Wildman–Crippen MR) is 132 cm³/mol. The third kappa shape index (κ3) is 4.61. The van der Waals surface area contributed by atoms with Crippen LogP contribution < -0.4 is 21.7 Å². The minimum atomic E-state index is -1.86. The molecule has 0 bridgehead atoms. The standard InChI is InChI=1S/C27H28F2N4O2/c1-17-13-19(8-11-24(17)33-12-3-2-7-25(33)34)27(26(31)35,22-10-9-20(28)15-23(22)29)32-21-6-4-5-18(14-21)16-30/h4-6,8-11,13-15,32H,2-3,7,12,16,30H2,1H3,(H2,31,35). The molecule has 0 aliphatic carbocycles. The molecular weight excluding hydrogens is 450 g/mol. The van der Waals surface area contributed by atoms with Crippen molar-refractivity contribution in [2.45, 2.75) is 38.3 Å². The molecule has 1 heterocycles. The maximum Gasteiger partial charge on any atom is 0.252 e. The largest absolute Gasteiger partial charge is 0.367 e. The summed E-state index contributed by atoms with van der Waals surface area (Å²) < 4.78 is 29.0. The summed E-state index contributed by atoms with van der Waals surface area (Å²) in [6.45, 7) is 2.70. The van der Waals surface area contributed by atoms with E-state index >= 15 is 4.39 Å². The van der Waals surface area contributed by atoms with Gasteiger partial charge in [0.25, 0.3) is 5.91 Å². The lowest BCUT2D eigenvalue weighted by Gasteiger charge is -2.35. The lowest BCUT2D eigenvalue weighted by atomic mass is 9.80. The minimum Gasteiger partial charge on any atom is -0.367 e. The third-order valence-electron chi connectivity index (χ3n) is 6.44. The van der Waals surface area contributed by atoms with E-state index in [-0.39, 0.29) is 18.0 Å². The Bertz CT molecular complexity index is 1280. The van der Waals surface area contributed by atoms with Crippen LogP contribution in [0.15, 0.2) is 60.7 Å². The zero-order chi connectivity index (χ0) is 25.2. The maximum atomic E-state index is 15.2. The molecule has 1 atom stereocenters. The topological polar surface area (TPSA) is 101 Å². The van der Waals surface area contributed by atoms with E-state index in [1.165, 1.54) is 6.07 Å². The number of piperidine rings is 1. The number of hydrogen-bond acceptors (Lipinski definition) is 4. The summed E-state index contributed by atoms with van der Waals surface area (Å²) in [6.07, 6.45) is 2.23. The second kappa shape index (κ2) is 9.84. The Hall–Kier alpha value is -3.78. The van der Waals surface area contributed by atoms with Crippen molar-refractivity contribution in [2.75, 3.05) is 16.8 Å². The Kier molecular flexibility index (Phi) is 6.84. The second-order valence-electron chi connectivity index (χ2n) is 8.77. The fourth-order valence-corrected chi connectivity index (χ4v) is 4.67. The van der Waals surface area contributed by atoms with Crippen molar-refractivity contribution < 1.29 is 18.4 Å². The van der Waals surface area contributed by atoms with Crippen LogP contribution >= 0.6 is 0 Å². The van der Waals surface area contributed by atoms with Crippen LogP contribution in [0.5, 0.6) is 0 Å². The Morgan fingerprint density at radius 3 is 2.54 bits per heavy atom. The van der Waals surface area contributed by atoms with Crippen molar-refractivity contribution in [1.82, 2.24) is 0 Å². The number of nitrogens with two attached hydrogens (primary N) is 2. The van der Waals surface area contributed by atoms with Crippen LogP contribution in [0, 0.1) is 18.6 Å². The van der Waals surface area contributed by atoms with Crippen molar-refractivity contribution in [2.24, 2.45) is 11.5 Å². The highest BCUT2D eigenvalue weighted by Crippen LogP contribution is 2.38. The lowest BCUT2D eigenvalue weighted by Crippen LogP contribution is -2.49. The molecule has 4 rings (SSSR count). The van der Waals surface area contributed by atoms with Gasteiger partial charge < -0.3 is 21.7 Å². The fourth-order valence-electron chi connectivity index (χ4n) is 4.67. The Morgan fingerprint density at radius 1 is 1.09 bits per heavy atom. The third-order valence-corrected chi connectivity index (χ3v) is 6.44. The summed E-state index contributed by atoms with van der Waals surface area (Å²) in [7, 11) is 0. The zero-order valence-electron chi connectivity index (χ0n) is 19.5. The number of amides is 2. The van der Waals surface area contributed by atoms with Crippen molar-refractivity contribution in [3.05, 3.63) is 94.6 Å². The Balaban J connectivity index is 1.90. The van der Waals surface area contributed by atoms with Crippen LogP contribution in [0.2, 0.25) is 0 Å². The molecule has 35 heavy (non-hydrogen) atoms. The van der Waals surface area contributed by atoms with E-state index < -0.39 is 23.1 Å². The molecule has 1 saturated heterocycles. The van der Waals surface area contributed by atoms with Crippen molar-refractivity contribution in [3.63, 3.8) is 0 Å². The Labute approximate surface area is 202 Å². The van der Waals surface area contributed by atoms with Gasteiger partial charge in [-0.3, -0.25) is 9.59 Å². The summed E-state index contributed by atoms with van der Waals surface area (Å²) in [6, 6.07) is 15.2. The van der Waals surface area contributed by atoms with Crippen LogP contribution in [-0.4, -0.2) is 18.4 Å². The summed E-state index contributed by atoms with van der Waals surface area (Å²) in [5.41, 5.74) is 12.8. The van der Waals surface area contributed by atoms with Gasteiger partial charge in [0, 0.05) is 42.5 Å². The monoisotopic (exact) mass is 478 g/mol. The molecule has 5 N–H and O–H groups in total. The van der Waals surface area contributed by atoms with E-state index in [0.717, 1.165) is 41.8 Å². The number of aryl methyl sites for hydroxylation is 1. The molecule has 1 aliphatic heterocycles. The molecule has 1 fully saturated rings. The minimum absolute atomic E-state index is 0.0366. The van der Waals surface area contributed by atoms with E-state index in [0.29, 0.717) is 24.2 Å². The van der Waals surface area contributed by atoms with Crippen LogP contribution in [-0.2, 0) is 21.7 Å². The summed E-state index contributed by atoms with van der Waals surface area (Å²) in [4.78, 5) is 27.4. The van der Waals surface area contributed by atoms with Gasteiger partial charge in [0.05, 0.1) is 0 Å². The first kappa shape index (κ1) is 24.3. The van der Waals surface area contributed by atoms with E-state index in [1.54, 1.807) is 41.3 Å². The molecule has 0 aromatic heterocycles. The number of nitrogens with zero attached hydrogens (tertiary/aromatic N) is 1. The highest BCUT2D eigenvalue weighted by atomic mass is 19.1. The number of rotatable bonds is 7. The van der Waals surface area contributed by atoms with Gasteiger partial charge in [0.2, 0.25) is 5.91 Å². The van der Waals surface area contributed by atoms with Gasteiger partial charge in [0.15, 0.2) is 5.54 Å². The van der Waals surface area contributed by atoms with Gasteiger partial charge in [-0.05, 0) is 66.8 Å². The van der Waals surface area contributed by atoms with Gasteiger partial charge in [-0.1, -0.05) is 24.3 Å². The van der Waals surface area contributed by atoms with E-state index in [2.05, 4.69) is 5.32 Å². The van der Waals surface area contributed by atoms with Gasteiger partial charge in [0.1, 0.15) is 11.6 Å². The van der Waals surface area contributed by atoms with E-state index in [9.17, 15) is 14.0 Å². The van der Waals surface area contributed by atoms with Crippen LogP contribution in [0.3, 0.4) is 0 Å². The first-order valence-electron chi connectivity index (χ1n) is 11.5. The fraction of sp³-hybridized carbons (Fsp3) is 0.259. The number of halogens is 2. The molecule has 0 radical (unpaired) electrons. The van der Waals surface area contributed by atoms with Crippen LogP contribution in [0.25, 0.3) is 0 Å². The van der Waals surface area contributed by atoms with Gasteiger partial charge in [-0.15, -0.1) is 0 Å². The highest BCUT2D eigenvalue weighted by Gasteiger charge is 2.43. The quantitative estimate of drug-likeness (QED) is 0.476. The molecule has 0 saturated carbocycles. The second-order valence-corrected chi connectivity index (χ2v) is 8.77. The molecule has 3 aromatic carbocycles. The van der Waals surface area contributed by atoms with Crippen molar-refractivity contribution in [3.8, 4) is 0 Å². The number of anilines is 2. The van der Waals surface area contributed by atoms with Crippen LogP contribution in [0.1, 0.15) is 41.5 Å². The van der Waals surface area contributed by atoms with E-state index in [4.69, 9.17) is 11.5 Å². The van der Waals surface area contributed by atoms with Crippen molar-refractivity contribution in [1.29, 1.82) is 0 Å². The molecule has 3 aromatic rings. The zero-order valence-corrected chi connectivity index (χ0v) is 19.5.